The van der Waals surface area contributed by atoms with E-state index in [9.17, 15) is 0 Å². The van der Waals surface area contributed by atoms with Gasteiger partial charge in [0.25, 0.3) is 0 Å². The molecule has 0 bridgehead atoms. The van der Waals surface area contributed by atoms with Crippen molar-refractivity contribution in [1.29, 1.82) is 5.26 Å². The fourth-order valence-electron chi connectivity index (χ4n) is 1.99. The quantitative estimate of drug-likeness (QED) is 0.882. The van der Waals surface area contributed by atoms with Gasteiger partial charge in [0.2, 0.25) is 5.82 Å². The second-order valence-electron chi connectivity index (χ2n) is 4.11. The van der Waals surface area contributed by atoms with Gasteiger partial charge in [-0.3, -0.25) is 0 Å². The smallest absolute Gasteiger partial charge is 0.234 e. The van der Waals surface area contributed by atoms with E-state index >= 15 is 0 Å². The molecule has 1 aliphatic heterocycles. The van der Waals surface area contributed by atoms with Crippen molar-refractivity contribution in [2.75, 3.05) is 11.9 Å². The van der Waals surface area contributed by atoms with Crippen LogP contribution in [0.25, 0.3) is 0 Å². The Morgan fingerprint density at radius 1 is 1.47 bits per heavy atom. The SMILES string of the molecule is N#Cc1nc2c(c(Nc3cc(Br)cs3)n1)CNCC2. The molecule has 0 saturated heterocycles. The van der Waals surface area contributed by atoms with Gasteiger partial charge in [0, 0.05) is 34.9 Å². The molecular weight excluding hydrogens is 326 g/mol. The van der Waals surface area contributed by atoms with Crippen molar-refractivity contribution < 1.29 is 0 Å². The topological polar surface area (TPSA) is 73.6 Å². The maximum absolute atomic E-state index is 9.01. The van der Waals surface area contributed by atoms with Crippen molar-refractivity contribution in [3.63, 3.8) is 0 Å². The van der Waals surface area contributed by atoms with E-state index in [1.54, 1.807) is 11.3 Å². The van der Waals surface area contributed by atoms with Crippen LogP contribution >= 0.6 is 27.3 Å². The van der Waals surface area contributed by atoms with Gasteiger partial charge in [0.1, 0.15) is 11.9 Å². The molecule has 5 nitrogen and oxygen atoms in total. The molecule has 96 valence electrons. The molecule has 2 aromatic rings. The van der Waals surface area contributed by atoms with Crippen LogP contribution < -0.4 is 10.6 Å². The highest BCUT2D eigenvalue weighted by molar-refractivity contribution is 9.10. The summed E-state index contributed by atoms with van der Waals surface area (Å²) in [6.07, 6.45) is 0.829. The molecule has 0 radical (unpaired) electrons. The zero-order valence-electron chi connectivity index (χ0n) is 9.90. The van der Waals surface area contributed by atoms with Gasteiger partial charge in [0.15, 0.2) is 0 Å². The van der Waals surface area contributed by atoms with Crippen LogP contribution in [0.3, 0.4) is 0 Å². The molecule has 0 amide bonds. The lowest BCUT2D eigenvalue weighted by Crippen LogP contribution is -2.26. The number of rotatable bonds is 2. The third-order valence-electron chi connectivity index (χ3n) is 2.84. The molecule has 3 heterocycles. The summed E-state index contributed by atoms with van der Waals surface area (Å²) in [5.41, 5.74) is 2.01. The van der Waals surface area contributed by atoms with Crippen molar-refractivity contribution in [1.82, 2.24) is 15.3 Å². The minimum atomic E-state index is 0.221. The number of hydrogen-bond donors (Lipinski definition) is 2. The lowest BCUT2D eigenvalue weighted by Gasteiger charge is -2.19. The molecule has 0 aromatic carbocycles. The Hall–Kier alpha value is -1.49. The average molecular weight is 336 g/mol. The Morgan fingerprint density at radius 2 is 2.37 bits per heavy atom. The van der Waals surface area contributed by atoms with E-state index in [4.69, 9.17) is 5.26 Å². The van der Waals surface area contributed by atoms with E-state index in [0.717, 1.165) is 46.1 Å². The third kappa shape index (κ3) is 2.61. The first-order valence-corrected chi connectivity index (χ1v) is 7.45. The molecule has 2 aromatic heterocycles. The maximum Gasteiger partial charge on any atom is 0.234 e. The minimum Gasteiger partial charge on any atom is -0.332 e. The van der Waals surface area contributed by atoms with E-state index in [1.807, 2.05) is 17.5 Å². The van der Waals surface area contributed by atoms with Crippen LogP contribution in [0.4, 0.5) is 10.8 Å². The van der Waals surface area contributed by atoms with Gasteiger partial charge in [-0.05, 0) is 22.0 Å². The summed E-state index contributed by atoms with van der Waals surface area (Å²) in [6, 6.07) is 4.01. The number of nitrogens with zero attached hydrogens (tertiary/aromatic N) is 3. The summed E-state index contributed by atoms with van der Waals surface area (Å²) >= 11 is 5.01. The molecule has 2 N–H and O–H groups in total. The Kier molecular flexibility index (Phi) is 3.46. The van der Waals surface area contributed by atoms with Crippen LogP contribution in [-0.4, -0.2) is 16.5 Å². The summed E-state index contributed by atoms with van der Waals surface area (Å²) in [5, 5.41) is 18.6. The Morgan fingerprint density at radius 3 is 3.11 bits per heavy atom. The molecule has 0 fully saturated rings. The zero-order valence-corrected chi connectivity index (χ0v) is 12.3. The number of nitriles is 1. The van der Waals surface area contributed by atoms with Crippen LogP contribution in [-0.2, 0) is 13.0 Å². The number of nitrogens with one attached hydrogen (secondary N) is 2. The van der Waals surface area contributed by atoms with Gasteiger partial charge < -0.3 is 10.6 Å². The largest absolute Gasteiger partial charge is 0.332 e. The molecule has 0 unspecified atom stereocenters. The Labute approximate surface area is 122 Å². The van der Waals surface area contributed by atoms with Crippen LogP contribution in [0.2, 0.25) is 0 Å². The third-order valence-corrected chi connectivity index (χ3v) is 4.45. The van der Waals surface area contributed by atoms with Gasteiger partial charge in [-0.15, -0.1) is 11.3 Å². The van der Waals surface area contributed by atoms with Crippen LogP contribution in [0.5, 0.6) is 0 Å². The van der Waals surface area contributed by atoms with Gasteiger partial charge in [-0.25, -0.2) is 9.97 Å². The van der Waals surface area contributed by atoms with Crippen molar-refractivity contribution >= 4 is 38.1 Å². The summed E-state index contributed by atoms with van der Waals surface area (Å²) in [5.74, 6) is 0.946. The highest BCUT2D eigenvalue weighted by Crippen LogP contribution is 2.29. The Bertz CT molecular complexity index is 661. The first kappa shape index (κ1) is 12.5. The predicted molar refractivity (Wildman–Crippen MR) is 77.5 cm³/mol. The monoisotopic (exact) mass is 335 g/mol. The van der Waals surface area contributed by atoms with Gasteiger partial charge >= 0.3 is 0 Å². The molecule has 0 atom stereocenters. The van der Waals surface area contributed by atoms with E-state index in [0.29, 0.717) is 0 Å². The normalized spacial score (nSPS) is 13.7. The van der Waals surface area contributed by atoms with Gasteiger partial charge in [0.05, 0.1) is 10.7 Å². The fraction of sp³-hybridized carbons (Fsp3) is 0.250. The van der Waals surface area contributed by atoms with Crippen LogP contribution in [0.1, 0.15) is 17.1 Å². The number of aromatic nitrogens is 2. The number of anilines is 2. The van der Waals surface area contributed by atoms with E-state index in [1.165, 1.54) is 0 Å². The average Bonchev–Trinajstić information content (AvgIpc) is 2.84. The predicted octanol–water partition coefficient (Wildman–Crippen LogP) is 2.56. The lowest BCUT2D eigenvalue weighted by molar-refractivity contribution is 0.626. The molecule has 7 heteroatoms. The van der Waals surface area contributed by atoms with E-state index in [-0.39, 0.29) is 5.82 Å². The van der Waals surface area contributed by atoms with Crippen molar-refractivity contribution in [2.45, 2.75) is 13.0 Å². The van der Waals surface area contributed by atoms with E-state index < -0.39 is 0 Å². The van der Waals surface area contributed by atoms with Gasteiger partial charge in [-0.2, -0.15) is 5.26 Å². The maximum atomic E-state index is 9.01. The number of thiophene rings is 1. The minimum absolute atomic E-state index is 0.221. The molecule has 19 heavy (non-hydrogen) atoms. The van der Waals surface area contributed by atoms with Gasteiger partial charge in [-0.1, -0.05) is 0 Å². The van der Waals surface area contributed by atoms with Crippen molar-refractivity contribution in [2.24, 2.45) is 0 Å². The second kappa shape index (κ2) is 5.25. The summed E-state index contributed by atoms with van der Waals surface area (Å²) in [4.78, 5) is 8.56. The number of hydrogen-bond acceptors (Lipinski definition) is 6. The zero-order chi connectivity index (χ0) is 13.2. The first-order valence-electron chi connectivity index (χ1n) is 5.78. The summed E-state index contributed by atoms with van der Waals surface area (Å²) < 4.78 is 1.03. The standard InChI is InChI=1S/C12H10BrN5S/c13-7-3-11(19-6-7)18-12-8-5-15-2-1-9(8)16-10(4-14)17-12/h3,6,15H,1-2,5H2,(H,16,17,18). The van der Waals surface area contributed by atoms with Crippen molar-refractivity contribution in [3.05, 3.63) is 33.0 Å². The molecule has 0 saturated carbocycles. The Balaban J connectivity index is 2.01. The lowest BCUT2D eigenvalue weighted by atomic mass is 10.1. The fourth-order valence-corrected chi connectivity index (χ4v) is 3.31. The van der Waals surface area contributed by atoms with Crippen LogP contribution in [0.15, 0.2) is 15.9 Å². The molecule has 3 rings (SSSR count). The van der Waals surface area contributed by atoms with E-state index in [2.05, 4.69) is 36.5 Å². The highest BCUT2D eigenvalue weighted by Gasteiger charge is 2.17. The molecule has 1 aliphatic rings. The highest BCUT2D eigenvalue weighted by atomic mass is 79.9. The number of fused-ring (bicyclic) bond motifs is 1. The summed E-state index contributed by atoms with van der Waals surface area (Å²) in [7, 11) is 0. The molecule has 0 spiro atoms. The first-order chi connectivity index (χ1) is 9.26. The molecular formula is C12H10BrN5S. The molecule has 0 aliphatic carbocycles. The van der Waals surface area contributed by atoms with Crippen LogP contribution in [0, 0.1) is 11.3 Å². The second-order valence-corrected chi connectivity index (χ2v) is 5.94. The van der Waals surface area contributed by atoms with Crippen molar-refractivity contribution in [3.8, 4) is 6.07 Å². The number of halogens is 1. The summed E-state index contributed by atoms with van der Waals surface area (Å²) in [6.45, 7) is 1.62.